The quantitative estimate of drug-likeness (QED) is 0.782. The summed E-state index contributed by atoms with van der Waals surface area (Å²) in [5.41, 5.74) is 2.30. The fourth-order valence-corrected chi connectivity index (χ4v) is 2.95. The number of methoxy groups -OCH3 is 1. The van der Waals surface area contributed by atoms with Gasteiger partial charge >= 0.3 is 5.97 Å². The minimum atomic E-state index is -0.123. The fourth-order valence-electron chi connectivity index (χ4n) is 2.95. The molecule has 1 saturated heterocycles. The molecule has 4 nitrogen and oxygen atoms in total. The summed E-state index contributed by atoms with van der Waals surface area (Å²) in [6.45, 7) is 6.41. The maximum atomic E-state index is 11.8. The van der Waals surface area contributed by atoms with Gasteiger partial charge in [-0.1, -0.05) is 24.6 Å². The van der Waals surface area contributed by atoms with Crippen molar-refractivity contribution in [2.75, 3.05) is 26.8 Å². The van der Waals surface area contributed by atoms with Gasteiger partial charge in [-0.2, -0.15) is 0 Å². The first-order chi connectivity index (χ1) is 10.1. The van der Waals surface area contributed by atoms with Crippen LogP contribution in [0.1, 0.15) is 30.4 Å². The molecule has 0 bridgehead atoms. The summed E-state index contributed by atoms with van der Waals surface area (Å²) in [7, 11) is 1.46. The summed E-state index contributed by atoms with van der Waals surface area (Å²) in [4.78, 5) is 14.0. The fraction of sp³-hybridized carbons (Fsp3) is 0.588. The number of hydrogen-bond donors (Lipinski definition) is 0. The van der Waals surface area contributed by atoms with E-state index in [0.29, 0.717) is 6.61 Å². The minimum absolute atomic E-state index is 0.106. The molecule has 1 unspecified atom stereocenters. The highest BCUT2D eigenvalue weighted by atomic mass is 16.5. The van der Waals surface area contributed by atoms with Crippen LogP contribution in [0.15, 0.2) is 18.2 Å². The standard InChI is InChI=1S/C17H25NO3/c1-13-7-6-8-14(2)16(13)21-12-11-18-10-5-4-9-15(18)17(19)20-3/h6-8,15H,4-5,9-12H2,1-3H3. The van der Waals surface area contributed by atoms with Gasteiger partial charge in [0, 0.05) is 6.54 Å². The number of likely N-dealkylation sites (tertiary alicyclic amines) is 1. The Bertz CT molecular complexity index is 467. The highest BCUT2D eigenvalue weighted by molar-refractivity contribution is 5.75. The minimum Gasteiger partial charge on any atom is -0.492 e. The van der Waals surface area contributed by atoms with E-state index in [1.807, 2.05) is 6.07 Å². The van der Waals surface area contributed by atoms with Crippen molar-refractivity contribution in [1.82, 2.24) is 4.90 Å². The zero-order valence-electron chi connectivity index (χ0n) is 13.2. The molecule has 0 spiro atoms. The van der Waals surface area contributed by atoms with Crippen molar-refractivity contribution in [3.63, 3.8) is 0 Å². The Morgan fingerprint density at radius 1 is 1.29 bits per heavy atom. The lowest BCUT2D eigenvalue weighted by molar-refractivity contribution is -0.148. The van der Waals surface area contributed by atoms with Crippen molar-refractivity contribution in [2.45, 2.75) is 39.2 Å². The van der Waals surface area contributed by atoms with Crippen LogP contribution in [0.4, 0.5) is 0 Å². The number of benzene rings is 1. The van der Waals surface area contributed by atoms with Crippen LogP contribution in [0.2, 0.25) is 0 Å². The number of piperidine rings is 1. The Labute approximate surface area is 127 Å². The van der Waals surface area contributed by atoms with Crippen LogP contribution in [-0.4, -0.2) is 43.7 Å². The SMILES string of the molecule is COC(=O)C1CCCCN1CCOc1c(C)cccc1C. The Kier molecular flexibility index (Phi) is 5.62. The smallest absolute Gasteiger partial charge is 0.323 e. The third kappa shape index (κ3) is 3.97. The molecule has 116 valence electrons. The lowest BCUT2D eigenvalue weighted by Crippen LogP contribution is -2.46. The van der Waals surface area contributed by atoms with E-state index in [2.05, 4.69) is 30.9 Å². The third-order valence-electron chi connectivity index (χ3n) is 4.12. The Morgan fingerprint density at radius 2 is 2.00 bits per heavy atom. The Morgan fingerprint density at radius 3 is 2.67 bits per heavy atom. The molecule has 21 heavy (non-hydrogen) atoms. The van der Waals surface area contributed by atoms with Gasteiger partial charge in [0.25, 0.3) is 0 Å². The molecule has 0 N–H and O–H groups in total. The first-order valence-electron chi connectivity index (χ1n) is 7.64. The van der Waals surface area contributed by atoms with E-state index < -0.39 is 0 Å². The van der Waals surface area contributed by atoms with E-state index in [1.165, 1.54) is 7.11 Å². The van der Waals surface area contributed by atoms with Crippen LogP contribution in [0, 0.1) is 13.8 Å². The second kappa shape index (κ2) is 7.46. The molecule has 1 aliphatic heterocycles. The van der Waals surface area contributed by atoms with Crippen LogP contribution in [0.25, 0.3) is 0 Å². The van der Waals surface area contributed by atoms with E-state index in [-0.39, 0.29) is 12.0 Å². The largest absolute Gasteiger partial charge is 0.492 e. The number of rotatable bonds is 5. The van der Waals surface area contributed by atoms with Crippen LogP contribution in [0.5, 0.6) is 5.75 Å². The van der Waals surface area contributed by atoms with Crippen molar-refractivity contribution in [1.29, 1.82) is 0 Å². The number of aryl methyl sites for hydroxylation is 2. The van der Waals surface area contributed by atoms with E-state index in [4.69, 9.17) is 9.47 Å². The van der Waals surface area contributed by atoms with Gasteiger partial charge in [-0.25, -0.2) is 0 Å². The normalized spacial score (nSPS) is 19.3. The molecule has 2 rings (SSSR count). The molecule has 1 atom stereocenters. The Hall–Kier alpha value is -1.55. The van der Waals surface area contributed by atoms with E-state index in [1.54, 1.807) is 0 Å². The molecule has 1 heterocycles. The number of para-hydroxylation sites is 1. The molecule has 0 saturated carbocycles. The topological polar surface area (TPSA) is 38.8 Å². The predicted octanol–water partition coefficient (Wildman–Crippen LogP) is 2.71. The molecule has 0 amide bonds. The number of nitrogens with zero attached hydrogens (tertiary/aromatic N) is 1. The first kappa shape index (κ1) is 15.8. The van der Waals surface area contributed by atoms with Gasteiger partial charge in [-0.05, 0) is 44.4 Å². The molecular formula is C17H25NO3. The van der Waals surface area contributed by atoms with Crippen molar-refractivity contribution < 1.29 is 14.3 Å². The third-order valence-corrected chi connectivity index (χ3v) is 4.12. The van der Waals surface area contributed by atoms with Gasteiger partial charge in [-0.3, -0.25) is 9.69 Å². The van der Waals surface area contributed by atoms with E-state index in [0.717, 1.165) is 49.2 Å². The molecule has 1 aromatic rings. The number of ether oxygens (including phenoxy) is 2. The average molecular weight is 291 g/mol. The van der Waals surface area contributed by atoms with Crippen molar-refractivity contribution >= 4 is 5.97 Å². The van der Waals surface area contributed by atoms with Gasteiger partial charge < -0.3 is 9.47 Å². The molecule has 1 aromatic carbocycles. The van der Waals surface area contributed by atoms with Gasteiger partial charge in [-0.15, -0.1) is 0 Å². The second-order valence-corrected chi connectivity index (χ2v) is 5.64. The van der Waals surface area contributed by atoms with E-state index >= 15 is 0 Å². The van der Waals surface area contributed by atoms with Crippen LogP contribution >= 0.6 is 0 Å². The predicted molar refractivity (Wildman–Crippen MR) is 82.6 cm³/mol. The summed E-state index contributed by atoms with van der Waals surface area (Å²) in [5.74, 6) is 0.839. The number of carbonyl (C=O) groups is 1. The lowest BCUT2D eigenvalue weighted by Gasteiger charge is -2.33. The number of carbonyl (C=O) groups excluding carboxylic acids is 1. The van der Waals surface area contributed by atoms with Gasteiger partial charge in [0.15, 0.2) is 0 Å². The highest BCUT2D eigenvalue weighted by Gasteiger charge is 2.29. The summed E-state index contributed by atoms with van der Waals surface area (Å²) in [6, 6.07) is 6.04. The molecule has 4 heteroatoms. The van der Waals surface area contributed by atoms with Gasteiger partial charge in [0.05, 0.1) is 7.11 Å². The van der Waals surface area contributed by atoms with Crippen molar-refractivity contribution in [3.8, 4) is 5.75 Å². The Balaban J connectivity index is 1.91. The molecule has 0 aromatic heterocycles. The number of hydrogen-bond acceptors (Lipinski definition) is 4. The maximum Gasteiger partial charge on any atom is 0.323 e. The van der Waals surface area contributed by atoms with Crippen molar-refractivity contribution in [2.24, 2.45) is 0 Å². The molecule has 1 aliphatic rings. The van der Waals surface area contributed by atoms with E-state index in [9.17, 15) is 4.79 Å². The molecular weight excluding hydrogens is 266 g/mol. The summed E-state index contributed by atoms with van der Waals surface area (Å²) >= 11 is 0. The van der Waals surface area contributed by atoms with Crippen LogP contribution in [0.3, 0.4) is 0 Å². The number of esters is 1. The molecule has 0 radical (unpaired) electrons. The van der Waals surface area contributed by atoms with Gasteiger partial charge in [0.2, 0.25) is 0 Å². The zero-order valence-corrected chi connectivity index (χ0v) is 13.2. The van der Waals surface area contributed by atoms with Gasteiger partial charge in [0.1, 0.15) is 18.4 Å². The van der Waals surface area contributed by atoms with Crippen LogP contribution in [-0.2, 0) is 9.53 Å². The van der Waals surface area contributed by atoms with Crippen molar-refractivity contribution in [3.05, 3.63) is 29.3 Å². The molecule has 0 aliphatic carbocycles. The monoisotopic (exact) mass is 291 g/mol. The van der Waals surface area contributed by atoms with Crippen LogP contribution < -0.4 is 4.74 Å². The maximum absolute atomic E-state index is 11.8. The highest BCUT2D eigenvalue weighted by Crippen LogP contribution is 2.23. The summed E-state index contributed by atoms with van der Waals surface area (Å²) in [5, 5.41) is 0. The average Bonchev–Trinajstić information content (AvgIpc) is 2.50. The zero-order chi connectivity index (χ0) is 15.2. The summed E-state index contributed by atoms with van der Waals surface area (Å²) in [6.07, 6.45) is 3.11. The molecule has 1 fully saturated rings. The second-order valence-electron chi connectivity index (χ2n) is 5.64. The first-order valence-corrected chi connectivity index (χ1v) is 7.64. The lowest BCUT2D eigenvalue weighted by atomic mass is 10.0. The summed E-state index contributed by atoms with van der Waals surface area (Å²) < 4.78 is 10.8.